The Kier molecular flexibility index (Phi) is 4.76. The van der Waals surface area contributed by atoms with Gasteiger partial charge in [0.1, 0.15) is 5.82 Å². The fraction of sp³-hybridized carbons (Fsp3) is 0.462. The molecule has 8 heteroatoms. The minimum absolute atomic E-state index is 0.0786. The van der Waals surface area contributed by atoms with Gasteiger partial charge in [0.25, 0.3) is 0 Å². The van der Waals surface area contributed by atoms with E-state index in [1.807, 2.05) is 0 Å². The number of aryl methyl sites for hydroxylation is 1. The molecular formula is C13H18FNO5S. The SMILES string of the molecule is Cc1cc(S(=O)(=O)N(C)CC(C)(C)O)cc(C(=O)O)c1F. The zero-order valence-corrected chi connectivity index (χ0v) is 13.0. The maximum absolute atomic E-state index is 13.7. The lowest BCUT2D eigenvalue weighted by atomic mass is 10.1. The molecule has 0 bridgehead atoms. The number of aliphatic hydroxyl groups is 1. The molecule has 0 aliphatic rings. The summed E-state index contributed by atoms with van der Waals surface area (Å²) in [6.07, 6.45) is 0. The number of carbonyl (C=O) groups is 1. The highest BCUT2D eigenvalue weighted by atomic mass is 32.2. The van der Waals surface area contributed by atoms with Crippen LogP contribution in [0, 0.1) is 12.7 Å². The van der Waals surface area contributed by atoms with Crippen molar-refractivity contribution in [3.63, 3.8) is 0 Å². The number of hydrogen-bond donors (Lipinski definition) is 2. The molecule has 0 spiro atoms. The summed E-state index contributed by atoms with van der Waals surface area (Å²) in [5, 5.41) is 18.6. The van der Waals surface area contributed by atoms with Gasteiger partial charge in [-0.3, -0.25) is 0 Å². The van der Waals surface area contributed by atoms with Gasteiger partial charge in [-0.05, 0) is 38.5 Å². The Morgan fingerprint density at radius 3 is 2.33 bits per heavy atom. The van der Waals surface area contributed by atoms with Crippen molar-refractivity contribution in [1.82, 2.24) is 4.31 Å². The third-order valence-electron chi connectivity index (χ3n) is 2.78. The van der Waals surface area contributed by atoms with Gasteiger partial charge in [-0.2, -0.15) is 4.31 Å². The first-order valence-electron chi connectivity index (χ1n) is 6.08. The monoisotopic (exact) mass is 319 g/mol. The molecule has 0 heterocycles. The number of carboxylic acids is 1. The first kappa shape index (κ1) is 17.5. The number of hydrogen-bond acceptors (Lipinski definition) is 4. The Balaban J connectivity index is 3.36. The average molecular weight is 319 g/mol. The van der Waals surface area contributed by atoms with Crippen molar-refractivity contribution in [3.05, 3.63) is 29.1 Å². The van der Waals surface area contributed by atoms with E-state index >= 15 is 0 Å². The van der Waals surface area contributed by atoms with Gasteiger partial charge in [0.15, 0.2) is 0 Å². The van der Waals surface area contributed by atoms with Gasteiger partial charge in [-0.15, -0.1) is 0 Å². The second-order valence-corrected chi connectivity index (χ2v) is 7.53. The highest BCUT2D eigenvalue weighted by molar-refractivity contribution is 7.89. The van der Waals surface area contributed by atoms with Gasteiger partial charge in [-0.1, -0.05) is 0 Å². The molecule has 21 heavy (non-hydrogen) atoms. The van der Waals surface area contributed by atoms with Crippen LogP contribution in [-0.2, 0) is 10.0 Å². The highest BCUT2D eigenvalue weighted by Crippen LogP contribution is 2.22. The number of sulfonamides is 1. The molecule has 0 aromatic heterocycles. The van der Waals surface area contributed by atoms with E-state index in [1.54, 1.807) is 0 Å². The Morgan fingerprint density at radius 2 is 1.90 bits per heavy atom. The number of rotatable bonds is 5. The second-order valence-electron chi connectivity index (χ2n) is 5.48. The fourth-order valence-corrected chi connectivity index (χ4v) is 3.29. The third-order valence-corrected chi connectivity index (χ3v) is 4.56. The summed E-state index contributed by atoms with van der Waals surface area (Å²) < 4.78 is 39.3. The summed E-state index contributed by atoms with van der Waals surface area (Å²) in [5.41, 5.74) is -2.04. The fourth-order valence-electron chi connectivity index (χ4n) is 1.85. The van der Waals surface area contributed by atoms with E-state index in [0.717, 1.165) is 16.4 Å². The summed E-state index contributed by atoms with van der Waals surface area (Å²) in [6.45, 7) is 3.99. The Morgan fingerprint density at radius 1 is 1.38 bits per heavy atom. The predicted octanol–water partition coefficient (Wildman–Crippen LogP) is 1.22. The molecule has 0 saturated carbocycles. The molecule has 0 unspecified atom stereocenters. The molecule has 0 atom stereocenters. The van der Waals surface area contributed by atoms with E-state index in [-0.39, 0.29) is 17.0 Å². The largest absolute Gasteiger partial charge is 0.478 e. The summed E-state index contributed by atoms with van der Waals surface area (Å²) >= 11 is 0. The van der Waals surface area contributed by atoms with Crippen LogP contribution in [0.5, 0.6) is 0 Å². The van der Waals surface area contributed by atoms with Crippen molar-refractivity contribution in [1.29, 1.82) is 0 Å². The quantitative estimate of drug-likeness (QED) is 0.851. The molecule has 0 amide bonds. The predicted molar refractivity (Wildman–Crippen MR) is 74.2 cm³/mol. The maximum Gasteiger partial charge on any atom is 0.338 e. The Bertz CT molecular complexity index is 664. The van der Waals surface area contributed by atoms with Gasteiger partial charge < -0.3 is 10.2 Å². The molecule has 0 radical (unpaired) electrons. The van der Waals surface area contributed by atoms with Crippen LogP contribution in [-0.4, -0.2) is 48.1 Å². The van der Waals surface area contributed by atoms with Crippen LogP contribution in [0.4, 0.5) is 4.39 Å². The Labute approximate surface area is 122 Å². The van der Waals surface area contributed by atoms with Crippen LogP contribution in [0.2, 0.25) is 0 Å². The van der Waals surface area contributed by atoms with Gasteiger partial charge in [-0.25, -0.2) is 17.6 Å². The molecule has 118 valence electrons. The van der Waals surface area contributed by atoms with Crippen molar-refractivity contribution < 1.29 is 27.8 Å². The molecule has 1 rings (SSSR count). The van der Waals surface area contributed by atoms with E-state index in [1.165, 1.54) is 27.8 Å². The molecule has 0 fully saturated rings. The number of benzene rings is 1. The maximum atomic E-state index is 13.7. The summed E-state index contributed by atoms with van der Waals surface area (Å²) in [4.78, 5) is 10.6. The van der Waals surface area contributed by atoms with Crippen molar-refractivity contribution in [2.24, 2.45) is 0 Å². The molecule has 0 aliphatic carbocycles. The average Bonchev–Trinajstić information content (AvgIpc) is 2.29. The molecule has 6 nitrogen and oxygen atoms in total. The molecule has 1 aromatic carbocycles. The van der Waals surface area contributed by atoms with E-state index in [4.69, 9.17) is 5.11 Å². The topological polar surface area (TPSA) is 94.9 Å². The summed E-state index contributed by atoms with van der Waals surface area (Å²) in [5.74, 6) is -2.51. The van der Waals surface area contributed by atoms with Gasteiger partial charge in [0.05, 0.1) is 16.1 Å². The van der Waals surface area contributed by atoms with Crippen molar-refractivity contribution in [2.75, 3.05) is 13.6 Å². The van der Waals surface area contributed by atoms with Crippen LogP contribution in [0.25, 0.3) is 0 Å². The van der Waals surface area contributed by atoms with Crippen LogP contribution in [0.15, 0.2) is 17.0 Å². The van der Waals surface area contributed by atoms with E-state index in [9.17, 15) is 22.7 Å². The summed E-state index contributed by atoms with van der Waals surface area (Å²) in [6, 6.07) is 1.85. The van der Waals surface area contributed by atoms with Gasteiger partial charge >= 0.3 is 5.97 Å². The number of carboxylic acid groups (broad SMARTS) is 1. The number of halogens is 1. The minimum atomic E-state index is -4.02. The lowest BCUT2D eigenvalue weighted by molar-refractivity contribution is 0.0638. The third kappa shape index (κ3) is 3.99. The molecule has 2 N–H and O–H groups in total. The van der Waals surface area contributed by atoms with Crippen molar-refractivity contribution in [3.8, 4) is 0 Å². The highest BCUT2D eigenvalue weighted by Gasteiger charge is 2.28. The number of nitrogens with zero attached hydrogens (tertiary/aromatic N) is 1. The zero-order valence-electron chi connectivity index (χ0n) is 12.2. The minimum Gasteiger partial charge on any atom is -0.478 e. The van der Waals surface area contributed by atoms with Crippen LogP contribution >= 0.6 is 0 Å². The number of likely N-dealkylation sites (N-methyl/N-ethyl adjacent to an activating group) is 1. The first-order chi connectivity index (χ1) is 9.36. The van der Waals surface area contributed by atoms with Crippen LogP contribution < -0.4 is 0 Å². The molecule has 0 aliphatic heterocycles. The molecule has 0 saturated heterocycles. The van der Waals surface area contributed by atoms with Gasteiger partial charge in [0.2, 0.25) is 10.0 Å². The van der Waals surface area contributed by atoms with E-state index in [0.29, 0.717) is 0 Å². The van der Waals surface area contributed by atoms with Crippen molar-refractivity contribution in [2.45, 2.75) is 31.3 Å². The Hall–Kier alpha value is -1.51. The summed E-state index contributed by atoms with van der Waals surface area (Å²) in [7, 11) is -2.77. The standard InChI is InChI=1S/C13H18FNO5S/c1-8-5-9(6-10(11(8)14)12(16)17)21(19,20)15(4)7-13(2,3)18/h5-6,18H,7H2,1-4H3,(H,16,17). The number of aromatic carboxylic acids is 1. The smallest absolute Gasteiger partial charge is 0.338 e. The van der Waals surface area contributed by atoms with Crippen LogP contribution in [0.1, 0.15) is 29.8 Å². The van der Waals surface area contributed by atoms with E-state index in [2.05, 4.69) is 0 Å². The second kappa shape index (κ2) is 5.70. The van der Waals surface area contributed by atoms with Gasteiger partial charge in [0, 0.05) is 13.6 Å². The van der Waals surface area contributed by atoms with E-state index < -0.39 is 33.0 Å². The van der Waals surface area contributed by atoms with Crippen molar-refractivity contribution >= 4 is 16.0 Å². The molecule has 1 aromatic rings. The normalized spacial score (nSPS) is 12.7. The lowest BCUT2D eigenvalue weighted by Gasteiger charge is -2.25. The van der Waals surface area contributed by atoms with Crippen LogP contribution in [0.3, 0.4) is 0 Å². The first-order valence-corrected chi connectivity index (χ1v) is 7.52. The molecular weight excluding hydrogens is 301 g/mol. The zero-order chi connectivity index (χ0) is 16.6. The lowest BCUT2D eigenvalue weighted by Crippen LogP contribution is -2.39.